The maximum atomic E-state index is 12.9. The third-order valence-electron chi connectivity index (χ3n) is 4.90. The van der Waals surface area contributed by atoms with Crippen LogP contribution < -0.4 is 10.2 Å². The van der Waals surface area contributed by atoms with E-state index in [1.54, 1.807) is 6.20 Å². The maximum absolute atomic E-state index is 12.9. The average Bonchev–Trinajstić information content (AvgIpc) is 2.68. The van der Waals surface area contributed by atoms with Gasteiger partial charge in [-0.2, -0.15) is 0 Å². The normalized spacial score (nSPS) is 17.3. The van der Waals surface area contributed by atoms with Crippen molar-refractivity contribution in [1.29, 1.82) is 0 Å². The summed E-state index contributed by atoms with van der Waals surface area (Å²) < 4.78 is 0. The number of carbonyl (C=O) groups excluding carboxylic acids is 1. The van der Waals surface area contributed by atoms with Crippen LogP contribution >= 0.6 is 0 Å². The number of nitrogens with zero attached hydrogens (tertiary/aromatic N) is 3. The molecule has 1 amide bonds. The number of amides is 1. The number of benzene rings is 2. The molecule has 0 spiro atoms. The number of piperidine rings is 1. The zero-order valence-corrected chi connectivity index (χ0v) is 14.9. The summed E-state index contributed by atoms with van der Waals surface area (Å²) in [5.41, 5.74) is 1.81. The van der Waals surface area contributed by atoms with Crippen molar-refractivity contribution < 1.29 is 4.79 Å². The minimum absolute atomic E-state index is 0.0631. The Bertz CT molecular complexity index is 935. The van der Waals surface area contributed by atoms with Gasteiger partial charge < -0.3 is 10.2 Å². The van der Waals surface area contributed by atoms with E-state index >= 15 is 0 Å². The van der Waals surface area contributed by atoms with Gasteiger partial charge in [-0.05, 0) is 37.3 Å². The zero-order valence-electron chi connectivity index (χ0n) is 14.9. The van der Waals surface area contributed by atoms with Crippen LogP contribution in [0.25, 0.3) is 10.8 Å². The second kappa shape index (κ2) is 7.12. The van der Waals surface area contributed by atoms with Crippen molar-refractivity contribution in [3.05, 3.63) is 60.4 Å². The number of aryl methyl sites for hydroxylation is 1. The minimum Gasteiger partial charge on any atom is -0.340 e. The summed E-state index contributed by atoms with van der Waals surface area (Å²) in [6, 6.07) is 16.0. The van der Waals surface area contributed by atoms with Crippen LogP contribution in [-0.2, 0) is 4.79 Å². The van der Waals surface area contributed by atoms with Gasteiger partial charge in [0.2, 0.25) is 11.9 Å². The van der Waals surface area contributed by atoms with Crippen LogP contribution in [-0.4, -0.2) is 29.0 Å². The molecule has 3 aromatic rings. The molecule has 0 saturated carbocycles. The van der Waals surface area contributed by atoms with Gasteiger partial charge in [0.15, 0.2) is 0 Å². The first-order valence-electron chi connectivity index (χ1n) is 9.04. The summed E-state index contributed by atoms with van der Waals surface area (Å²) in [4.78, 5) is 23.9. The van der Waals surface area contributed by atoms with E-state index in [-0.39, 0.29) is 11.8 Å². The Kier molecular flexibility index (Phi) is 4.52. The summed E-state index contributed by atoms with van der Waals surface area (Å²) in [6.07, 6.45) is 3.63. The molecule has 1 aliphatic heterocycles. The monoisotopic (exact) mass is 346 g/mol. The van der Waals surface area contributed by atoms with Gasteiger partial charge in [-0.1, -0.05) is 36.4 Å². The van der Waals surface area contributed by atoms with Crippen molar-refractivity contribution in [3.8, 4) is 0 Å². The average molecular weight is 346 g/mol. The lowest BCUT2D eigenvalue weighted by Gasteiger charge is -2.32. The molecule has 1 N–H and O–H groups in total. The van der Waals surface area contributed by atoms with Crippen LogP contribution in [0.3, 0.4) is 0 Å². The van der Waals surface area contributed by atoms with Gasteiger partial charge in [0.05, 0.1) is 5.92 Å². The Morgan fingerprint density at radius 2 is 2.00 bits per heavy atom. The molecule has 0 aliphatic carbocycles. The molecule has 1 atom stereocenters. The number of aromatic nitrogens is 2. The lowest BCUT2D eigenvalue weighted by Crippen LogP contribution is -2.41. The smallest absolute Gasteiger partial charge is 0.229 e. The number of carbonyl (C=O) groups is 1. The van der Waals surface area contributed by atoms with Gasteiger partial charge in [-0.15, -0.1) is 0 Å². The molecular formula is C21H22N4O. The fraction of sp³-hybridized carbons (Fsp3) is 0.286. The van der Waals surface area contributed by atoms with E-state index in [0.717, 1.165) is 41.5 Å². The summed E-state index contributed by atoms with van der Waals surface area (Å²) >= 11 is 0. The largest absolute Gasteiger partial charge is 0.340 e. The van der Waals surface area contributed by atoms with Crippen LogP contribution in [0.4, 0.5) is 11.6 Å². The zero-order chi connectivity index (χ0) is 17.9. The van der Waals surface area contributed by atoms with Crippen molar-refractivity contribution in [2.45, 2.75) is 19.8 Å². The number of nitrogens with one attached hydrogen (secondary N) is 1. The van der Waals surface area contributed by atoms with E-state index in [0.29, 0.717) is 12.5 Å². The Morgan fingerprint density at radius 1 is 1.15 bits per heavy atom. The van der Waals surface area contributed by atoms with Crippen LogP contribution in [0.15, 0.2) is 54.7 Å². The Morgan fingerprint density at radius 3 is 2.88 bits per heavy atom. The number of rotatable bonds is 3. The fourth-order valence-corrected chi connectivity index (χ4v) is 3.53. The first-order valence-corrected chi connectivity index (χ1v) is 9.04. The molecule has 2 heterocycles. The third-order valence-corrected chi connectivity index (χ3v) is 4.90. The number of fused-ring (bicyclic) bond motifs is 1. The van der Waals surface area contributed by atoms with Gasteiger partial charge >= 0.3 is 0 Å². The van der Waals surface area contributed by atoms with Crippen molar-refractivity contribution in [1.82, 2.24) is 9.97 Å². The van der Waals surface area contributed by atoms with Crippen molar-refractivity contribution in [2.75, 3.05) is 23.3 Å². The summed E-state index contributed by atoms with van der Waals surface area (Å²) in [5.74, 6) is 0.721. The molecule has 1 fully saturated rings. The topological polar surface area (TPSA) is 58.1 Å². The molecule has 0 bridgehead atoms. The molecule has 1 saturated heterocycles. The Labute approximate surface area is 153 Å². The lowest BCUT2D eigenvalue weighted by atomic mass is 9.97. The quantitative estimate of drug-likeness (QED) is 0.784. The SMILES string of the molecule is Cc1ccnc(N2CCCC(C(=O)Nc3cccc4ccccc34)C2)n1. The van der Waals surface area contributed by atoms with E-state index < -0.39 is 0 Å². The Hall–Kier alpha value is -2.95. The van der Waals surface area contributed by atoms with Crippen molar-refractivity contribution >= 4 is 28.3 Å². The predicted molar refractivity (Wildman–Crippen MR) is 104 cm³/mol. The highest BCUT2D eigenvalue weighted by atomic mass is 16.1. The van der Waals surface area contributed by atoms with E-state index in [9.17, 15) is 4.79 Å². The van der Waals surface area contributed by atoms with E-state index in [4.69, 9.17) is 0 Å². The molecule has 2 aromatic carbocycles. The highest BCUT2D eigenvalue weighted by Gasteiger charge is 2.27. The molecule has 0 radical (unpaired) electrons. The van der Waals surface area contributed by atoms with Gasteiger partial charge in [0, 0.05) is 36.1 Å². The van der Waals surface area contributed by atoms with Gasteiger partial charge in [0.25, 0.3) is 0 Å². The van der Waals surface area contributed by atoms with E-state index in [1.165, 1.54) is 0 Å². The van der Waals surface area contributed by atoms with Crippen LogP contribution in [0.5, 0.6) is 0 Å². The molecule has 1 unspecified atom stereocenters. The lowest BCUT2D eigenvalue weighted by molar-refractivity contribution is -0.120. The maximum Gasteiger partial charge on any atom is 0.229 e. The van der Waals surface area contributed by atoms with Gasteiger partial charge in [-0.25, -0.2) is 9.97 Å². The number of hydrogen-bond donors (Lipinski definition) is 1. The second-order valence-electron chi connectivity index (χ2n) is 6.80. The third kappa shape index (κ3) is 3.38. The van der Waals surface area contributed by atoms with Crippen molar-refractivity contribution in [3.63, 3.8) is 0 Å². The highest BCUT2D eigenvalue weighted by Crippen LogP contribution is 2.26. The fourth-order valence-electron chi connectivity index (χ4n) is 3.53. The van der Waals surface area contributed by atoms with Gasteiger partial charge in [0.1, 0.15) is 0 Å². The molecular weight excluding hydrogens is 324 g/mol. The van der Waals surface area contributed by atoms with Crippen LogP contribution in [0.2, 0.25) is 0 Å². The number of anilines is 2. The standard InChI is InChI=1S/C21H22N4O/c1-15-11-12-22-21(23-15)25-13-5-8-17(14-25)20(26)24-19-10-4-7-16-6-2-3-9-18(16)19/h2-4,6-7,9-12,17H,5,8,13-14H2,1H3,(H,24,26). The van der Waals surface area contributed by atoms with Crippen LogP contribution in [0.1, 0.15) is 18.5 Å². The molecule has 5 nitrogen and oxygen atoms in total. The molecule has 5 heteroatoms. The molecule has 4 rings (SSSR count). The van der Waals surface area contributed by atoms with E-state index in [2.05, 4.69) is 32.3 Å². The molecule has 1 aliphatic rings. The molecule has 132 valence electrons. The minimum atomic E-state index is -0.0631. The van der Waals surface area contributed by atoms with Crippen LogP contribution in [0, 0.1) is 12.8 Å². The predicted octanol–water partition coefficient (Wildman–Crippen LogP) is 3.79. The second-order valence-corrected chi connectivity index (χ2v) is 6.80. The summed E-state index contributed by atoms with van der Waals surface area (Å²) in [5, 5.41) is 5.33. The van der Waals surface area contributed by atoms with Crippen molar-refractivity contribution in [2.24, 2.45) is 5.92 Å². The summed E-state index contributed by atoms with van der Waals surface area (Å²) in [6.45, 7) is 3.50. The first kappa shape index (κ1) is 16.5. The Balaban J connectivity index is 1.51. The van der Waals surface area contributed by atoms with Gasteiger partial charge in [-0.3, -0.25) is 4.79 Å². The van der Waals surface area contributed by atoms with E-state index in [1.807, 2.05) is 43.3 Å². The molecule has 1 aromatic heterocycles. The molecule has 26 heavy (non-hydrogen) atoms. The number of hydrogen-bond acceptors (Lipinski definition) is 4. The summed E-state index contributed by atoms with van der Waals surface area (Å²) in [7, 11) is 0. The first-order chi connectivity index (χ1) is 12.7. The highest BCUT2D eigenvalue weighted by molar-refractivity contribution is 6.02.